The van der Waals surface area contributed by atoms with Gasteiger partial charge in [-0.3, -0.25) is 14.4 Å². The van der Waals surface area contributed by atoms with Crippen LogP contribution in [0, 0.1) is 0 Å². The third-order valence-corrected chi connectivity index (χ3v) is 9.82. The topological polar surface area (TPSA) is 78.9 Å². The van der Waals surface area contributed by atoms with Crippen molar-refractivity contribution in [3.05, 3.63) is 48.6 Å². The summed E-state index contributed by atoms with van der Waals surface area (Å²) in [4.78, 5) is 37.5. The van der Waals surface area contributed by atoms with Crippen molar-refractivity contribution in [3.8, 4) is 0 Å². The lowest BCUT2D eigenvalue weighted by atomic mass is 10.1. The van der Waals surface area contributed by atoms with E-state index in [1.807, 2.05) is 0 Å². The first-order valence-corrected chi connectivity index (χ1v) is 23.1. The Labute approximate surface area is 339 Å². The second kappa shape index (κ2) is 44.1. The number of carbonyl (C=O) groups excluding carboxylic acids is 3. The molecule has 0 spiro atoms. The molecule has 0 aliphatic carbocycles. The highest BCUT2D eigenvalue weighted by Gasteiger charge is 2.19. The zero-order valence-corrected chi connectivity index (χ0v) is 36.2. The van der Waals surface area contributed by atoms with Gasteiger partial charge in [0.2, 0.25) is 0 Å². The third kappa shape index (κ3) is 42.4. The zero-order valence-electron chi connectivity index (χ0n) is 36.2. The number of ether oxygens (including phenoxy) is 3. The molecule has 0 aromatic carbocycles. The van der Waals surface area contributed by atoms with Gasteiger partial charge in [-0.1, -0.05) is 179 Å². The van der Waals surface area contributed by atoms with E-state index in [9.17, 15) is 14.4 Å². The molecule has 0 rings (SSSR count). The van der Waals surface area contributed by atoms with Crippen LogP contribution >= 0.6 is 0 Å². The number of hydrogen-bond donors (Lipinski definition) is 0. The predicted octanol–water partition coefficient (Wildman–Crippen LogP) is 14.8. The molecule has 6 heteroatoms. The molecule has 0 heterocycles. The quantitative estimate of drug-likeness (QED) is 0.0267. The summed E-state index contributed by atoms with van der Waals surface area (Å²) in [5.74, 6) is -0.931. The minimum atomic E-state index is -0.784. The average molecular weight is 771 g/mol. The van der Waals surface area contributed by atoms with Gasteiger partial charge in [-0.2, -0.15) is 0 Å². The van der Waals surface area contributed by atoms with Gasteiger partial charge in [0.15, 0.2) is 6.10 Å². The first-order chi connectivity index (χ1) is 27.0. The molecule has 318 valence electrons. The molecule has 55 heavy (non-hydrogen) atoms. The van der Waals surface area contributed by atoms with Crippen molar-refractivity contribution < 1.29 is 28.6 Å². The molecule has 0 bridgehead atoms. The fraction of sp³-hybridized carbons (Fsp3) is 0.776. The molecule has 0 radical (unpaired) electrons. The lowest BCUT2D eigenvalue weighted by molar-refractivity contribution is -0.167. The van der Waals surface area contributed by atoms with E-state index in [1.54, 1.807) is 0 Å². The molecular formula is C49H86O6. The van der Waals surface area contributed by atoms with Gasteiger partial charge in [0.1, 0.15) is 13.2 Å². The zero-order chi connectivity index (χ0) is 40.1. The molecule has 6 nitrogen and oxygen atoms in total. The Morgan fingerprint density at radius 1 is 0.382 bits per heavy atom. The lowest BCUT2D eigenvalue weighted by Crippen LogP contribution is -2.30. The Balaban J connectivity index is 4.27. The molecule has 0 aromatic rings. The molecular weight excluding hydrogens is 685 g/mol. The maximum absolute atomic E-state index is 12.7. The van der Waals surface area contributed by atoms with Crippen LogP contribution in [0.3, 0.4) is 0 Å². The molecule has 0 aromatic heterocycles. The summed E-state index contributed by atoms with van der Waals surface area (Å²) in [6, 6.07) is 0. The SMILES string of the molecule is CC/C=C\C/C=C\C/C=C\CCCCCC(=O)OC(COC(=O)CCCCCCCC)COC(=O)CCCCCCCCC/C=C\CCCCCCCCC. The summed E-state index contributed by atoms with van der Waals surface area (Å²) in [5, 5.41) is 0. The van der Waals surface area contributed by atoms with E-state index in [1.165, 1.54) is 103 Å². The minimum absolute atomic E-state index is 0.0865. The van der Waals surface area contributed by atoms with Crippen molar-refractivity contribution >= 4 is 17.9 Å². The maximum atomic E-state index is 12.7. The molecule has 1 atom stereocenters. The number of unbranched alkanes of at least 4 members (excludes halogenated alkanes) is 22. The normalized spacial score (nSPS) is 12.4. The molecule has 0 fully saturated rings. The van der Waals surface area contributed by atoms with Crippen molar-refractivity contribution in [2.45, 2.75) is 232 Å². The van der Waals surface area contributed by atoms with Crippen molar-refractivity contribution in [2.24, 2.45) is 0 Å². The number of allylic oxidation sites excluding steroid dienone is 8. The number of rotatable bonds is 41. The van der Waals surface area contributed by atoms with Crippen LogP contribution in [0.1, 0.15) is 226 Å². The van der Waals surface area contributed by atoms with E-state index < -0.39 is 6.10 Å². The Morgan fingerprint density at radius 2 is 0.709 bits per heavy atom. The van der Waals surface area contributed by atoms with Crippen LogP contribution in [0.5, 0.6) is 0 Å². The third-order valence-electron chi connectivity index (χ3n) is 9.82. The lowest BCUT2D eigenvalue weighted by Gasteiger charge is -2.18. The molecule has 1 unspecified atom stereocenters. The van der Waals surface area contributed by atoms with Crippen LogP contribution in [-0.2, 0) is 28.6 Å². The Hall–Kier alpha value is -2.63. The molecule has 0 saturated carbocycles. The van der Waals surface area contributed by atoms with Crippen LogP contribution in [0.4, 0.5) is 0 Å². The van der Waals surface area contributed by atoms with Gasteiger partial charge in [-0.05, 0) is 77.0 Å². The Morgan fingerprint density at radius 3 is 1.15 bits per heavy atom. The van der Waals surface area contributed by atoms with Crippen LogP contribution in [0.15, 0.2) is 48.6 Å². The van der Waals surface area contributed by atoms with Gasteiger partial charge in [0.25, 0.3) is 0 Å². The van der Waals surface area contributed by atoms with E-state index in [2.05, 4.69) is 69.4 Å². The van der Waals surface area contributed by atoms with E-state index >= 15 is 0 Å². The predicted molar refractivity (Wildman–Crippen MR) is 233 cm³/mol. The van der Waals surface area contributed by atoms with Crippen molar-refractivity contribution in [1.82, 2.24) is 0 Å². The van der Waals surface area contributed by atoms with Crippen LogP contribution in [0.25, 0.3) is 0 Å². The molecule has 0 aliphatic rings. The van der Waals surface area contributed by atoms with E-state index in [0.29, 0.717) is 19.3 Å². The number of carbonyl (C=O) groups is 3. The standard InChI is InChI=1S/C49H86O6/c1-4-7-10-13-16-18-20-22-23-24-25-26-28-29-31-33-36-39-42-48(51)54-45-46(44-53-47(50)41-38-35-15-12-9-6-3)55-49(52)43-40-37-34-32-30-27-21-19-17-14-11-8-5-2/h8,11,17,19,23-24,27,30,46H,4-7,9-10,12-16,18,20-22,25-26,28-29,31-45H2,1-3H3/b11-8-,19-17-,24-23-,30-27-. The molecule has 0 saturated heterocycles. The summed E-state index contributed by atoms with van der Waals surface area (Å²) in [7, 11) is 0. The van der Waals surface area contributed by atoms with Gasteiger partial charge >= 0.3 is 17.9 Å². The van der Waals surface area contributed by atoms with Crippen LogP contribution < -0.4 is 0 Å². The van der Waals surface area contributed by atoms with E-state index in [-0.39, 0.29) is 31.1 Å². The first-order valence-electron chi connectivity index (χ1n) is 23.1. The smallest absolute Gasteiger partial charge is 0.306 e. The van der Waals surface area contributed by atoms with Gasteiger partial charge < -0.3 is 14.2 Å². The fourth-order valence-corrected chi connectivity index (χ4v) is 6.33. The summed E-state index contributed by atoms with van der Waals surface area (Å²) in [5.41, 5.74) is 0. The maximum Gasteiger partial charge on any atom is 0.306 e. The second-order valence-corrected chi connectivity index (χ2v) is 15.3. The average Bonchev–Trinajstić information content (AvgIpc) is 3.18. The van der Waals surface area contributed by atoms with E-state index in [0.717, 1.165) is 83.5 Å². The van der Waals surface area contributed by atoms with Crippen molar-refractivity contribution in [3.63, 3.8) is 0 Å². The molecule has 0 N–H and O–H groups in total. The minimum Gasteiger partial charge on any atom is -0.462 e. The Bertz CT molecular complexity index is 980. The summed E-state index contributed by atoms with van der Waals surface area (Å²) < 4.78 is 16.6. The highest BCUT2D eigenvalue weighted by atomic mass is 16.6. The van der Waals surface area contributed by atoms with Crippen LogP contribution in [-0.4, -0.2) is 37.2 Å². The Kier molecular flexibility index (Phi) is 42.0. The summed E-state index contributed by atoms with van der Waals surface area (Å²) >= 11 is 0. The second-order valence-electron chi connectivity index (χ2n) is 15.3. The van der Waals surface area contributed by atoms with Gasteiger partial charge in [-0.25, -0.2) is 0 Å². The largest absolute Gasteiger partial charge is 0.462 e. The van der Waals surface area contributed by atoms with Gasteiger partial charge in [-0.15, -0.1) is 0 Å². The number of hydrogen-bond acceptors (Lipinski definition) is 6. The molecule has 0 aliphatic heterocycles. The van der Waals surface area contributed by atoms with Gasteiger partial charge in [0, 0.05) is 19.3 Å². The van der Waals surface area contributed by atoms with Crippen LogP contribution in [0.2, 0.25) is 0 Å². The van der Waals surface area contributed by atoms with Crippen molar-refractivity contribution in [2.75, 3.05) is 13.2 Å². The monoisotopic (exact) mass is 771 g/mol. The van der Waals surface area contributed by atoms with Gasteiger partial charge in [0.05, 0.1) is 0 Å². The number of esters is 3. The highest BCUT2D eigenvalue weighted by Crippen LogP contribution is 2.13. The van der Waals surface area contributed by atoms with Crippen molar-refractivity contribution in [1.29, 1.82) is 0 Å². The molecule has 0 amide bonds. The van der Waals surface area contributed by atoms with E-state index in [4.69, 9.17) is 14.2 Å². The summed E-state index contributed by atoms with van der Waals surface area (Å²) in [6.45, 7) is 6.42. The highest BCUT2D eigenvalue weighted by molar-refractivity contribution is 5.71. The summed E-state index contributed by atoms with van der Waals surface area (Å²) in [6.07, 6.45) is 51.2. The fourth-order valence-electron chi connectivity index (χ4n) is 6.33. The first kappa shape index (κ1) is 52.4.